The molecular weight excluding hydrogens is 361 g/mol. The highest BCUT2D eigenvalue weighted by molar-refractivity contribution is 5.96. The maximum absolute atomic E-state index is 15.4. The first-order chi connectivity index (χ1) is 13.5. The number of carboxylic acid groups (broad SMARTS) is 1. The molecule has 0 spiro atoms. The predicted molar refractivity (Wildman–Crippen MR) is 103 cm³/mol. The van der Waals surface area contributed by atoms with E-state index in [4.69, 9.17) is 0 Å². The minimum Gasteiger partial charge on any atom is -0.477 e. The van der Waals surface area contributed by atoms with Crippen molar-refractivity contribution in [3.8, 4) is 0 Å². The number of halogens is 1. The molecular formula is C21H22FN3O3. The molecule has 2 bridgehead atoms. The zero-order valence-corrected chi connectivity index (χ0v) is 15.4. The zero-order chi connectivity index (χ0) is 19.2. The van der Waals surface area contributed by atoms with Crippen LogP contribution in [0.25, 0.3) is 10.9 Å². The number of nitrogens with zero attached hydrogens (tertiary/aromatic N) is 2. The molecule has 2 unspecified atom stereocenters. The van der Waals surface area contributed by atoms with Crippen LogP contribution in [0.1, 0.15) is 60.0 Å². The molecule has 0 amide bonds. The normalized spacial score (nSPS) is 26.4. The number of benzene rings is 1. The Morgan fingerprint density at radius 3 is 2.57 bits per heavy atom. The molecule has 28 heavy (non-hydrogen) atoms. The quantitative estimate of drug-likeness (QED) is 0.849. The first-order valence-corrected chi connectivity index (χ1v) is 10.2. The number of aromatic nitrogens is 1. The number of nitrogens with one attached hydrogen (secondary N) is 1. The molecule has 3 heterocycles. The summed E-state index contributed by atoms with van der Waals surface area (Å²) in [5.41, 5.74) is 1.52. The van der Waals surface area contributed by atoms with Crippen molar-refractivity contribution < 1.29 is 14.3 Å². The number of aromatic carboxylic acids is 1. The Balaban J connectivity index is 1.68. The summed E-state index contributed by atoms with van der Waals surface area (Å²) in [7, 11) is 0. The molecule has 1 aromatic heterocycles. The van der Waals surface area contributed by atoms with Gasteiger partial charge in [0.05, 0.1) is 11.2 Å². The Labute approximate surface area is 160 Å². The number of piperazine rings is 1. The zero-order valence-electron chi connectivity index (χ0n) is 15.4. The highest BCUT2D eigenvalue weighted by Gasteiger charge is 2.43. The van der Waals surface area contributed by atoms with Gasteiger partial charge < -0.3 is 19.9 Å². The van der Waals surface area contributed by atoms with Gasteiger partial charge in [-0.05, 0) is 44.1 Å². The molecule has 2 aliphatic heterocycles. The lowest BCUT2D eigenvalue weighted by Gasteiger charge is -2.32. The maximum Gasteiger partial charge on any atom is 0.341 e. The summed E-state index contributed by atoms with van der Waals surface area (Å²) in [5.74, 6) is -1.38. The van der Waals surface area contributed by atoms with E-state index in [-0.39, 0.29) is 34.8 Å². The molecule has 6 nitrogen and oxygen atoms in total. The predicted octanol–water partition coefficient (Wildman–Crippen LogP) is 2.60. The third kappa shape index (κ3) is 2.28. The molecule has 2 N–H and O–H groups in total. The van der Waals surface area contributed by atoms with Crippen LogP contribution in [0, 0.1) is 5.82 Å². The molecule has 6 rings (SSSR count). The van der Waals surface area contributed by atoms with Gasteiger partial charge in [-0.3, -0.25) is 4.79 Å². The van der Waals surface area contributed by atoms with E-state index in [0.717, 1.165) is 56.3 Å². The van der Waals surface area contributed by atoms with Gasteiger partial charge in [0.15, 0.2) is 0 Å². The summed E-state index contributed by atoms with van der Waals surface area (Å²) in [4.78, 5) is 26.7. The Kier molecular flexibility index (Phi) is 3.29. The van der Waals surface area contributed by atoms with Gasteiger partial charge >= 0.3 is 5.97 Å². The van der Waals surface area contributed by atoms with Gasteiger partial charge in [-0.2, -0.15) is 0 Å². The number of anilines is 1. The fourth-order valence-electron chi connectivity index (χ4n) is 5.19. The number of carbonyl (C=O) groups is 1. The van der Waals surface area contributed by atoms with Crippen LogP contribution < -0.4 is 15.6 Å². The maximum atomic E-state index is 15.4. The van der Waals surface area contributed by atoms with Crippen molar-refractivity contribution in [2.24, 2.45) is 0 Å². The monoisotopic (exact) mass is 383 g/mol. The summed E-state index contributed by atoms with van der Waals surface area (Å²) in [6.45, 7) is 1.65. The molecule has 2 aliphatic carbocycles. The van der Waals surface area contributed by atoms with Crippen LogP contribution in [0.5, 0.6) is 0 Å². The third-order valence-electron chi connectivity index (χ3n) is 6.78. The van der Waals surface area contributed by atoms with E-state index in [9.17, 15) is 14.7 Å². The van der Waals surface area contributed by atoms with Gasteiger partial charge in [0, 0.05) is 48.4 Å². The summed E-state index contributed by atoms with van der Waals surface area (Å²) < 4.78 is 17.4. The Hall–Kier alpha value is -2.41. The average Bonchev–Trinajstić information content (AvgIpc) is 3.60. The van der Waals surface area contributed by atoms with Crippen LogP contribution in [0.4, 0.5) is 10.1 Å². The fraction of sp³-hybridized carbons (Fsp3) is 0.524. The second-order valence-corrected chi connectivity index (χ2v) is 8.75. The van der Waals surface area contributed by atoms with Crippen LogP contribution in [0.3, 0.4) is 0 Å². The topological polar surface area (TPSA) is 74.6 Å². The fourth-order valence-corrected chi connectivity index (χ4v) is 5.19. The first-order valence-electron chi connectivity index (χ1n) is 10.2. The van der Waals surface area contributed by atoms with Crippen molar-refractivity contribution in [3.05, 3.63) is 39.4 Å². The molecule has 2 aromatic rings. The number of hydrogen-bond donors (Lipinski definition) is 2. The van der Waals surface area contributed by atoms with Crippen molar-refractivity contribution in [3.63, 3.8) is 0 Å². The SMILES string of the molecule is O=C(O)c1cn(C2CC2)c2c(C3CC3)c(N3CC4CC3CN4)c(F)cc2c1=O. The Morgan fingerprint density at radius 1 is 1.21 bits per heavy atom. The molecule has 2 saturated heterocycles. The third-order valence-corrected chi connectivity index (χ3v) is 6.78. The lowest BCUT2D eigenvalue weighted by Crippen LogP contribution is -2.44. The summed E-state index contributed by atoms with van der Waals surface area (Å²) >= 11 is 0. The van der Waals surface area contributed by atoms with Gasteiger partial charge in [-0.15, -0.1) is 0 Å². The number of pyridine rings is 1. The average molecular weight is 383 g/mol. The highest BCUT2D eigenvalue weighted by Crippen LogP contribution is 2.51. The van der Waals surface area contributed by atoms with Crippen LogP contribution in [-0.2, 0) is 0 Å². The first kappa shape index (κ1) is 16.5. The van der Waals surface area contributed by atoms with Gasteiger partial charge in [0.1, 0.15) is 11.4 Å². The standard InChI is InChI=1S/C21H22FN3O3/c22-16-6-14-18(25(12-3-4-12)9-15(20(14)26)21(27)28)17(10-1-2-10)19(16)24-8-11-5-13(24)7-23-11/h6,9-13,23H,1-5,7-8H2,(H,27,28). The molecule has 4 fully saturated rings. The Bertz CT molecular complexity index is 1090. The summed E-state index contributed by atoms with van der Waals surface area (Å²) in [6, 6.07) is 2.18. The largest absolute Gasteiger partial charge is 0.477 e. The molecule has 1 aromatic carbocycles. The molecule has 7 heteroatoms. The molecule has 4 aliphatic rings. The van der Waals surface area contributed by atoms with Crippen molar-refractivity contribution in [2.45, 2.75) is 56.1 Å². The van der Waals surface area contributed by atoms with Crippen molar-refractivity contribution in [2.75, 3.05) is 18.0 Å². The van der Waals surface area contributed by atoms with Crippen LogP contribution in [0.15, 0.2) is 17.1 Å². The van der Waals surface area contributed by atoms with Crippen molar-refractivity contribution >= 4 is 22.6 Å². The molecule has 2 atom stereocenters. The number of hydrogen-bond acceptors (Lipinski definition) is 4. The second kappa shape index (κ2) is 5.56. The lowest BCUT2D eigenvalue weighted by atomic mass is 9.99. The van der Waals surface area contributed by atoms with E-state index >= 15 is 4.39 Å². The smallest absolute Gasteiger partial charge is 0.341 e. The Morgan fingerprint density at radius 2 is 2.00 bits per heavy atom. The highest BCUT2D eigenvalue weighted by atomic mass is 19.1. The van der Waals surface area contributed by atoms with Gasteiger partial charge in [0.25, 0.3) is 0 Å². The minimum absolute atomic E-state index is 0.203. The van der Waals surface area contributed by atoms with E-state index in [2.05, 4.69) is 10.2 Å². The van der Waals surface area contributed by atoms with Crippen LogP contribution in [0.2, 0.25) is 0 Å². The van der Waals surface area contributed by atoms with Crippen molar-refractivity contribution in [1.29, 1.82) is 0 Å². The van der Waals surface area contributed by atoms with E-state index < -0.39 is 11.4 Å². The second-order valence-electron chi connectivity index (χ2n) is 8.75. The number of rotatable bonds is 4. The van der Waals surface area contributed by atoms with Crippen molar-refractivity contribution in [1.82, 2.24) is 9.88 Å². The molecule has 0 radical (unpaired) electrons. The van der Waals surface area contributed by atoms with E-state index in [1.165, 1.54) is 12.3 Å². The number of carboxylic acids is 1. The molecule has 2 saturated carbocycles. The summed E-state index contributed by atoms with van der Waals surface area (Å²) in [6.07, 6.45) is 6.43. The van der Waals surface area contributed by atoms with Crippen LogP contribution >= 0.6 is 0 Å². The molecule has 146 valence electrons. The number of fused-ring (bicyclic) bond motifs is 3. The van der Waals surface area contributed by atoms with E-state index in [0.29, 0.717) is 11.7 Å². The summed E-state index contributed by atoms with van der Waals surface area (Å²) in [5, 5.41) is 13.2. The van der Waals surface area contributed by atoms with Gasteiger partial charge in [-0.25, -0.2) is 9.18 Å². The van der Waals surface area contributed by atoms with Crippen LogP contribution in [-0.4, -0.2) is 40.8 Å². The van der Waals surface area contributed by atoms with E-state index in [1.807, 2.05) is 4.57 Å². The minimum atomic E-state index is -1.25. The van der Waals surface area contributed by atoms with E-state index in [1.54, 1.807) is 0 Å². The van der Waals surface area contributed by atoms with Gasteiger partial charge in [0.2, 0.25) is 5.43 Å². The lowest BCUT2D eigenvalue weighted by molar-refractivity contribution is 0.0695. The van der Waals surface area contributed by atoms with Gasteiger partial charge in [-0.1, -0.05) is 0 Å².